The van der Waals surface area contributed by atoms with Crippen molar-refractivity contribution in [2.75, 3.05) is 19.8 Å². The predicted molar refractivity (Wildman–Crippen MR) is 109 cm³/mol. The molecular weight excluding hydrogens is 405 g/mol. The topological polar surface area (TPSA) is 108 Å². The maximum atomic E-state index is 13.4. The molecule has 0 radical (unpaired) electrons. The first-order chi connectivity index (χ1) is 14.8. The summed E-state index contributed by atoms with van der Waals surface area (Å²) < 4.78 is 19.1. The van der Waals surface area contributed by atoms with Crippen LogP contribution in [0.1, 0.15) is 18.9 Å². The molecular formula is C22H24FN3O5. The lowest BCUT2D eigenvalue weighted by molar-refractivity contribution is -0.153. The van der Waals surface area contributed by atoms with Crippen LogP contribution in [0.15, 0.2) is 48.5 Å². The Labute approximate surface area is 179 Å². The van der Waals surface area contributed by atoms with Gasteiger partial charge in [0.2, 0.25) is 11.7 Å². The number of Topliss-reactive ketones (excluding diaryl/α,β-unsaturated/α-hetero) is 1. The molecule has 1 aliphatic rings. The lowest BCUT2D eigenvalue weighted by Crippen LogP contribution is -2.58. The van der Waals surface area contributed by atoms with Crippen LogP contribution in [-0.4, -0.2) is 53.1 Å². The third-order valence-corrected chi connectivity index (χ3v) is 5.35. The first kappa shape index (κ1) is 22.5. The minimum absolute atomic E-state index is 0.0716. The largest absolute Gasteiger partial charge is 0.377 e. The highest BCUT2D eigenvalue weighted by Crippen LogP contribution is 2.24. The highest BCUT2D eigenvalue weighted by Gasteiger charge is 2.46. The van der Waals surface area contributed by atoms with Crippen molar-refractivity contribution in [3.05, 3.63) is 59.9 Å². The molecule has 31 heavy (non-hydrogen) atoms. The van der Waals surface area contributed by atoms with Gasteiger partial charge >= 0.3 is 5.91 Å². The predicted octanol–water partition coefficient (Wildman–Crippen LogP) is 1.62. The fourth-order valence-electron chi connectivity index (χ4n) is 3.50. The van der Waals surface area contributed by atoms with Gasteiger partial charge in [0.25, 0.3) is 0 Å². The molecule has 3 rings (SSSR count). The Morgan fingerprint density at radius 2 is 1.97 bits per heavy atom. The van der Waals surface area contributed by atoms with Crippen molar-refractivity contribution in [1.29, 1.82) is 0 Å². The smallest absolute Gasteiger partial charge is 0.313 e. The molecule has 1 atom stereocenters. The molecule has 0 aliphatic carbocycles. The van der Waals surface area contributed by atoms with Gasteiger partial charge < -0.3 is 9.64 Å². The summed E-state index contributed by atoms with van der Waals surface area (Å²) >= 11 is 0. The van der Waals surface area contributed by atoms with Crippen molar-refractivity contribution in [3.63, 3.8) is 0 Å². The number of halogens is 1. The van der Waals surface area contributed by atoms with Gasteiger partial charge in [-0.15, -0.1) is 0 Å². The number of rotatable bonds is 9. The summed E-state index contributed by atoms with van der Waals surface area (Å²) in [6, 6.07) is 13.8. The standard InChI is InChI=1S/C22H24FN3O5/c1-22(20(28)21(29)25-30,26-14-24-12-19(26)27)9-10-31-13-15-5-7-16(8-6-15)17-3-2-4-18(23)11-17/h2-8,11,24,30H,9-10,12-14H2,1H3,(H,25,29). The number of hydrogen-bond donors (Lipinski definition) is 3. The zero-order valence-corrected chi connectivity index (χ0v) is 17.1. The lowest BCUT2D eigenvalue weighted by Gasteiger charge is -2.36. The van der Waals surface area contributed by atoms with Crippen LogP contribution in [0.25, 0.3) is 11.1 Å². The molecule has 1 saturated heterocycles. The second-order valence-corrected chi connectivity index (χ2v) is 7.46. The molecule has 164 valence electrons. The Morgan fingerprint density at radius 1 is 1.23 bits per heavy atom. The van der Waals surface area contributed by atoms with E-state index in [1.807, 2.05) is 30.3 Å². The number of nitrogens with zero attached hydrogens (tertiary/aromatic N) is 1. The average molecular weight is 429 g/mol. The van der Waals surface area contributed by atoms with Crippen LogP contribution in [0.3, 0.4) is 0 Å². The van der Waals surface area contributed by atoms with Crippen LogP contribution in [0.4, 0.5) is 4.39 Å². The van der Waals surface area contributed by atoms with Gasteiger partial charge in [-0.2, -0.15) is 0 Å². The van der Waals surface area contributed by atoms with Crippen LogP contribution >= 0.6 is 0 Å². The maximum absolute atomic E-state index is 13.4. The van der Waals surface area contributed by atoms with Crippen molar-refractivity contribution in [3.8, 4) is 11.1 Å². The average Bonchev–Trinajstić information content (AvgIpc) is 3.22. The fraction of sp³-hybridized carbons (Fsp3) is 0.318. The molecule has 1 aliphatic heterocycles. The third kappa shape index (κ3) is 5.13. The number of amides is 2. The number of hydroxylamine groups is 1. The second-order valence-electron chi connectivity index (χ2n) is 7.46. The number of nitrogens with one attached hydrogen (secondary N) is 2. The quantitative estimate of drug-likeness (QED) is 0.242. The number of ketones is 1. The lowest BCUT2D eigenvalue weighted by atomic mass is 9.90. The van der Waals surface area contributed by atoms with Crippen molar-refractivity contribution in [2.45, 2.75) is 25.5 Å². The molecule has 2 amide bonds. The van der Waals surface area contributed by atoms with Crippen LogP contribution in [0.5, 0.6) is 0 Å². The summed E-state index contributed by atoms with van der Waals surface area (Å²) in [6.45, 7) is 2.04. The molecule has 2 aromatic rings. The number of ether oxygens (including phenoxy) is 1. The van der Waals surface area contributed by atoms with E-state index in [2.05, 4.69) is 5.32 Å². The summed E-state index contributed by atoms with van der Waals surface area (Å²) in [5.74, 6) is -2.72. The van der Waals surface area contributed by atoms with E-state index in [1.54, 1.807) is 6.07 Å². The Bertz CT molecular complexity index is 966. The van der Waals surface area contributed by atoms with Gasteiger partial charge in [0.05, 0.1) is 19.8 Å². The van der Waals surface area contributed by atoms with E-state index in [0.29, 0.717) is 0 Å². The van der Waals surface area contributed by atoms with Gasteiger partial charge in [0, 0.05) is 13.0 Å². The minimum Gasteiger partial charge on any atom is -0.377 e. The molecule has 1 heterocycles. The zero-order chi connectivity index (χ0) is 22.4. The molecule has 0 saturated carbocycles. The molecule has 1 fully saturated rings. The summed E-state index contributed by atoms with van der Waals surface area (Å²) in [4.78, 5) is 37.6. The van der Waals surface area contributed by atoms with E-state index in [4.69, 9.17) is 9.94 Å². The number of hydrogen-bond acceptors (Lipinski definition) is 6. The van der Waals surface area contributed by atoms with Crippen molar-refractivity contribution in [2.24, 2.45) is 0 Å². The van der Waals surface area contributed by atoms with Crippen LogP contribution < -0.4 is 10.8 Å². The summed E-state index contributed by atoms with van der Waals surface area (Å²) in [5, 5.41) is 11.7. The highest BCUT2D eigenvalue weighted by atomic mass is 19.1. The van der Waals surface area contributed by atoms with E-state index in [1.165, 1.54) is 29.4 Å². The minimum atomic E-state index is -1.45. The van der Waals surface area contributed by atoms with E-state index in [0.717, 1.165) is 16.7 Å². The van der Waals surface area contributed by atoms with E-state index in [-0.39, 0.29) is 44.6 Å². The van der Waals surface area contributed by atoms with Crippen molar-refractivity contribution >= 4 is 17.6 Å². The molecule has 3 N–H and O–H groups in total. The van der Waals surface area contributed by atoms with E-state index in [9.17, 15) is 18.8 Å². The Hall–Kier alpha value is -3.14. The zero-order valence-electron chi connectivity index (χ0n) is 17.1. The Kier molecular flexibility index (Phi) is 7.11. The van der Waals surface area contributed by atoms with Gasteiger partial charge in [-0.05, 0) is 35.7 Å². The molecule has 8 nitrogen and oxygen atoms in total. The van der Waals surface area contributed by atoms with Gasteiger partial charge in [-0.25, -0.2) is 9.87 Å². The normalized spacial score (nSPS) is 15.6. The molecule has 1 unspecified atom stereocenters. The van der Waals surface area contributed by atoms with Crippen molar-refractivity contribution in [1.82, 2.24) is 15.7 Å². The summed E-state index contributed by atoms with van der Waals surface area (Å²) in [7, 11) is 0. The van der Waals surface area contributed by atoms with E-state index < -0.39 is 17.2 Å². The SMILES string of the molecule is CC(CCOCc1ccc(-c2cccc(F)c2)cc1)(C(=O)C(=O)NO)N1CNCC1=O. The molecule has 0 bridgehead atoms. The van der Waals surface area contributed by atoms with Crippen LogP contribution in [0.2, 0.25) is 0 Å². The first-order valence-corrected chi connectivity index (χ1v) is 9.78. The van der Waals surface area contributed by atoms with Crippen LogP contribution in [-0.2, 0) is 25.7 Å². The summed E-state index contributed by atoms with van der Waals surface area (Å²) in [6.07, 6.45) is 0.0774. The Balaban J connectivity index is 1.60. The number of benzene rings is 2. The summed E-state index contributed by atoms with van der Waals surface area (Å²) in [5.41, 5.74) is 2.40. The Morgan fingerprint density at radius 3 is 2.58 bits per heavy atom. The van der Waals surface area contributed by atoms with Crippen LogP contribution in [0, 0.1) is 5.82 Å². The van der Waals surface area contributed by atoms with Gasteiger partial charge in [0.1, 0.15) is 11.4 Å². The first-order valence-electron chi connectivity index (χ1n) is 9.78. The molecule has 0 aromatic heterocycles. The highest BCUT2D eigenvalue weighted by molar-refractivity contribution is 6.39. The maximum Gasteiger partial charge on any atom is 0.313 e. The molecule has 9 heteroatoms. The second kappa shape index (κ2) is 9.78. The van der Waals surface area contributed by atoms with Gasteiger partial charge in [-0.3, -0.25) is 24.9 Å². The number of carbonyl (C=O) groups excluding carboxylic acids is 3. The molecule has 0 spiro atoms. The number of carbonyl (C=O) groups is 3. The monoisotopic (exact) mass is 429 g/mol. The fourth-order valence-corrected chi connectivity index (χ4v) is 3.50. The van der Waals surface area contributed by atoms with Crippen molar-refractivity contribution < 1.29 is 28.7 Å². The molecule has 2 aromatic carbocycles. The van der Waals surface area contributed by atoms with E-state index >= 15 is 0 Å². The van der Waals surface area contributed by atoms with Gasteiger partial charge in [0.15, 0.2) is 0 Å². The third-order valence-electron chi connectivity index (χ3n) is 5.35. The van der Waals surface area contributed by atoms with Gasteiger partial charge in [-0.1, -0.05) is 36.4 Å².